The van der Waals surface area contributed by atoms with Crippen molar-refractivity contribution in [2.75, 3.05) is 25.1 Å². The summed E-state index contributed by atoms with van der Waals surface area (Å²) in [5, 5.41) is 9.16. The Morgan fingerprint density at radius 2 is 2.15 bits per heavy atom. The average molecular weight is 280 g/mol. The molecule has 0 aliphatic heterocycles. The number of hydrogen-bond donors (Lipinski definition) is 1. The molecule has 0 aliphatic carbocycles. The minimum absolute atomic E-state index is 0.192. The van der Waals surface area contributed by atoms with E-state index in [-0.39, 0.29) is 11.7 Å². The lowest BCUT2D eigenvalue weighted by Crippen LogP contribution is -2.25. The first-order valence-electron chi connectivity index (χ1n) is 7.01. The molecule has 1 aromatic rings. The summed E-state index contributed by atoms with van der Waals surface area (Å²) in [4.78, 5) is 17.6. The van der Waals surface area contributed by atoms with Crippen LogP contribution in [-0.2, 0) is 11.2 Å². The number of carbonyl (C=O) groups is 1. The van der Waals surface area contributed by atoms with Crippen molar-refractivity contribution < 1.29 is 14.6 Å². The molecule has 5 nitrogen and oxygen atoms in total. The summed E-state index contributed by atoms with van der Waals surface area (Å²) in [6.45, 7) is 7.30. The summed E-state index contributed by atoms with van der Waals surface area (Å²) in [5.41, 5.74) is 1.11. The van der Waals surface area contributed by atoms with Gasteiger partial charge in [-0.15, -0.1) is 0 Å². The molecular formula is C15H24N2O3. The molecule has 0 unspecified atom stereocenters. The van der Waals surface area contributed by atoms with Crippen molar-refractivity contribution in [2.24, 2.45) is 0 Å². The smallest absolute Gasteiger partial charge is 0.335 e. The molecule has 0 spiro atoms. The van der Waals surface area contributed by atoms with Gasteiger partial charge in [0, 0.05) is 19.3 Å². The van der Waals surface area contributed by atoms with Crippen molar-refractivity contribution in [2.45, 2.75) is 39.7 Å². The zero-order valence-electron chi connectivity index (χ0n) is 12.7. The minimum Gasteiger partial charge on any atom is -0.478 e. The van der Waals surface area contributed by atoms with E-state index in [2.05, 4.69) is 11.9 Å². The van der Waals surface area contributed by atoms with Crippen molar-refractivity contribution in [1.29, 1.82) is 0 Å². The van der Waals surface area contributed by atoms with Gasteiger partial charge in [0.15, 0.2) is 0 Å². The van der Waals surface area contributed by atoms with Crippen LogP contribution < -0.4 is 4.90 Å². The summed E-state index contributed by atoms with van der Waals surface area (Å²) in [7, 11) is 1.90. The van der Waals surface area contributed by atoms with Crippen LogP contribution in [0.1, 0.15) is 43.2 Å². The molecule has 0 radical (unpaired) electrons. The van der Waals surface area contributed by atoms with Gasteiger partial charge in [-0.25, -0.2) is 9.78 Å². The number of pyridine rings is 1. The third-order valence-corrected chi connectivity index (χ3v) is 2.89. The molecule has 1 heterocycles. The van der Waals surface area contributed by atoms with E-state index in [1.807, 2.05) is 25.8 Å². The van der Waals surface area contributed by atoms with Crippen LogP contribution in [0.2, 0.25) is 0 Å². The number of rotatable bonds is 8. The molecule has 0 bridgehead atoms. The second-order valence-corrected chi connectivity index (χ2v) is 5.10. The Morgan fingerprint density at radius 3 is 2.70 bits per heavy atom. The highest BCUT2D eigenvalue weighted by Crippen LogP contribution is 2.15. The van der Waals surface area contributed by atoms with Crippen LogP contribution in [0, 0.1) is 0 Å². The predicted octanol–water partition coefficient (Wildman–Crippen LogP) is 2.59. The van der Waals surface area contributed by atoms with Gasteiger partial charge in [0.2, 0.25) is 0 Å². The Bertz CT molecular complexity index is 447. The summed E-state index contributed by atoms with van der Waals surface area (Å²) < 4.78 is 5.50. The first kappa shape index (κ1) is 16.4. The molecule has 1 N–H and O–H groups in total. The van der Waals surface area contributed by atoms with Gasteiger partial charge in [0.1, 0.15) is 5.82 Å². The highest BCUT2D eigenvalue weighted by atomic mass is 16.5. The SMILES string of the molecule is CCCc1cc(C(=O)O)cc(N(C)CCOC(C)C)n1. The maximum atomic E-state index is 11.2. The Balaban J connectivity index is 2.83. The van der Waals surface area contributed by atoms with Crippen molar-refractivity contribution >= 4 is 11.8 Å². The zero-order valence-corrected chi connectivity index (χ0v) is 12.7. The van der Waals surface area contributed by atoms with Crippen LogP contribution in [0.3, 0.4) is 0 Å². The number of carboxylic acids is 1. The Kier molecular flexibility index (Phi) is 6.45. The number of aromatic nitrogens is 1. The molecule has 20 heavy (non-hydrogen) atoms. The first-order valence-corrected chi connectivity index (χ1v) is 7.01. The molecule has 112 valence electrons. The number of carboxylic acid groups (broad SMARTS) is 1. The van der Waals surface area contributed by atoms with Gasteiger partial charge in [-0.05, 0) is 32.4 Å². The van der Waals surface area contributed by atoms with Crippen LogP contribution in [0.5, 0.6) is 0 Å². The maximum absolute atomic E-state index is 11.2. The normalized spacial score (nSPS) is 10.8. The largest absolute Gasteiger partial charge is 0.478 e. The number of aromatic carboxylic acids is 1. The topological polar surface area (TPSA) is 62.7 Å². The Hall–Kier alpha value is -1.62. The van der Waals surface area contributed by atoms with Crippen LogP contribution in [0.15, 0.2) is 12.1 Å². The van der Waals surface area contributed by atoms with E-state index in [0.29, 0.717) is 19.0 Å². The fourth-order valence-corrected chi connectivity index (χ4v) is 1.82. The lowest BCUT2D eigenvalue weighted by atomic mass is 10.1. The third-order valence-electron chi connectivity index (χ3n) is 2.89. The van der Waals surface area contributed by atoms with Crippen LogP contribution >= 0.6 is 0 Å². The Labute approximate surface area is 120 Å². The van der Waals surface area contributed by atoms with E-state index in [9.17, 15) is 4.79 Å². The summed E-state index contributed by atoms with van der Waals surface area (Å²) in [5.74, 6) is -0.237. The molecule has 0 fully saturated rings. The monoisotopic (exact) mass is 280 g/mol. The molecule has 0 atom stereocenters. The lowest BCUT2D eigenvalue weighted by Gasteiger charge is -2.20. The molecule has 0 aromatic carbocycles. The van der Waals surface area contributed by atoms with Crippen molar-refractivity contribution in [1.82, 2.24) is 4.98 Å². The second kappa shape index (κ2) is 7.85. The maximum Gasteiger partial charge on any atom is 0.335 e. The van der Waals surface area contributed by atoms with E-state index in [1.54, 1.807) is 12.1 Å². The number of aryl methyl sites for hydroxylation is 1. The standard InChI is InChI=1S/C15H24N2O3/c1-5-6-13-9-12(15(18)19)10-14(16-13)17(4)7-8-20-11(2)3/h9-11H,5-8H2,1-4H3,(H,18,19). The van der Waals surface area contributed by atoms with Gasteiger partial charge in [0.05, 0.1) is 18.3 Å². The Morgan fingerprint density at radius 1 is 1.45 bits per heavy atom. The predicted molar refractivity (Wildman–Crippen MR) is 79.5 cm³/mol. The van der Waals surface area contributed by atoms with Gasteiger partial charge in [-0.1, -0.05) is 13.3 Å². The molecule has 0 aliphatic rings. The van der Waals surface area contributed by atoms with Gasteiger partial charge in [-0.3, -0.25) is 0 Å². The van der Waals surface area contributed by atoms with E-state index in [4.69, 9.17) is 9.84 Å². The van der Waals surface area contributed by atoms with Crippen LogP contribution in [-0.4, -0.2) is 42.4 Å². The van der Waals surface area contributed by atoms with E-state index in [1.165, 1.54) is 0 Å². The fraction of sp³-hybridized carbons (Fsp3) is 0.600. The average Bonchev–Trinajstić information content (AvgIpc) is 2.38. The molecule has 5 heteroatoms. The highest BCUT2D eigenvalue weighted by molar-refractivity contribution is 5.88. The zero-order chi connectivity index (χ0) is 15.1. The molecule has 0 saturated heterocycles. The molecule has 0 saturated carbocycles. The van der Waals surface area contributed by atoms with Crippen LogP contribution in [0.25, 0.3) is 0 Å². The van der Waals surface area contributed by atoms with E-state index >= 15 is 0 Å². The number of ether oxygens (including phenoxy) is 1. The van der Waals surface area contributed by atoms with Gasteiger partial charge >= 0.3 is 5.97 Å². The van der Waals surface area contributed by atoms with Gasteiger partial charge in [0.25, 0.3) is 0 Å². The van der Waals surface area contributed by atoms with Gasteiger partial charge in [-0.2, -0.15) is 0 Å². The summed E-state index contributed by atoms with van der Waals surface area (Å²) in [6.07, 6.45) is 1.91. The molecular weight excluding hydrogens is 256 g/mol. The molecule has 1 rings (SSSR count). The third kappa shape index (κ3) is 5.17. The second-order valence-electron chi connectivity index (χ2n) is 5.10. The highest BCUT2D eigenvalue weighted by Gasteiger charge is 2.11. The van der Waals surface area contributed by atoms with Gasteiger partial charge < -0.3 is 14.7 Å². The molecule has 0 amide bonds. The van der Waals surface area contributed by atoms with Crippen molar-refractivity contribution in [3.05, 3.63) is 23.4 Å². The lowest BCUT2D eigenvalue weighted by molar-refractivity contribution is 0.0696. The number of nitrogens with zero attached hydrogens (tertiary/aromatic N) is 2. The fourth-order valence-electron chi connectivity index (χ4n) is 1.82. The van der Waals surface area contributed by atoms with Crippen molar-refractivity contribution in [3.8, 4) is 0 Å². The summed E-state index contributed by atoms with van der Waals surface area (Å²) in [6, 6.07) is 3.25. The number of likely N-dealkylation sites (N-methyl/N-ethyl adjacent to an activating group) is 1. The molecule has 1 aromatic heterocycles. The minimum atomic E-state index is -0.919. The van der Waals surface area contributed by atoms with E-state index in [0.717, 1.165) is 18.5 Å². The number of anilines is 1. The first-order chi connectivity index (χ1) is 9.43. The van der Waals surface area contributed by atoms with Crippen LogP contribution in [0.4, 0.5) is 5.82 Å². The van der Waals surface area contributed by atoms with Crippen molar-refractivity contribution in [3.63, 3.8) is 0 Å². The van der Waals surface area contributed by atoms with E-state index < -0.39 is 5.97 Å². The quantitative estimate of drug-likeness (QED) is 0.793. The number of hydrogen-bond acceptors (Lipinski definition) is 4. The summed E-state index contributed by atoms with van der Waals surface area (Å²) >= 11 is 0.